The van der Waals surface area contributed by atoms with Crippen LogP contribution in [0.3, 0.4) is 0 Å². The molecule has 1 aliphatic rings. The average Bonchev–Trinajstić information content (AvgIpc) is 3.07. The van der Waals surface area contributed by atoms with Gasteiger partial charge in [-0.05, 0) is 74.6 Å². The van der Waals surface area contributed by atoms with Crippen molar-refractivity contribution in [1.82, 2.24) is 0 Å². The number of Topliss-reactive ketones (excluding diaryl/α,β-unsaturated/α-hetero) is 1. The van der Waals surface area contributed by atoms with Crippen LogP contribution in [0.2, 0.25) is 5.02 Å². The van der Waals surface area contributed by atoms with Gasteiger partial charge in [-0.2, -0.15) is 0 Å². The molecule has 0 aliphatic heterocycles. The number of allylic oxidation sites excluding steroid dienone is 2. The first kappa shape index (κ1) is 23.7. The average molecular weight is 471 g/mol. The van der Waals surface area contributed by atoms with Crippen LogP contribution in [0, 0.1) is 27.7 Å². The Labute approximate surface area is 205 Å². The minimum absolute atomic E-state index is 0.188. The molecular weight excluding hydrogens is 444 g/mol. The van der Waals surface area contributed by atoms with Crippen LogP contribution in [0.4, 0.5) is 0 Å². The summed E-state index contributed by atoms with van der Waals surface area (Å²) < 4.78 is 5.49. The minimum atomic E-state index is -0.504. The number of carbonyl (C=O) groups is 2. The molecule has 0 radical (unpaired) electrons. The van der Waals surface area contributed by atoms with E-state index in [1.54, 1.807) is 31.2 Å². The van der Waals surface area contributed by atoms with Gasteiger partial charge in [-0.25, -0.2) is 4.79 Å². The lowest BCUT2D eigenvalue weighted by Crippen LogP contribution is -2.11. The molecule has 0 fully saturated rings. The zero-order valence-electron chi connectivity index (χ0n) is 20.1. The molecule has 3 aromatic carbocycles. The predicted octanol–water partition coefficient (Wildman–Crippen LogP) is 7.08. The highest BCUT2D eigenvalue weighted by Gasteiger charge is 2.39. The zero-order valence-corrected chi connectivity index (χ0v) is 20.8. The molecule has 0 aromatic heterocycles. The summed E-state index contributed by atoms with van der Waals surface area (Å²) in [6.07, 6.45) is 0. The maximum Gasteiger partial charge on any atom is 0.339 e. The van der Waals surface area contributed by atoms with Crippen molar-refractivity contribution in [2.24, 2.45) is 0 Å². The van der Waals surface area contributed by atoms with Crippen molar-refractivity contribution in [3.8, 4) is 0 Å². The van der Waals surface area contributed by atoms with Crippen molar-refractivity contribution < 1.29 is 14.3 Å². The van der Waals surface area contributed by atoms with Crippen LogP contribution in [0.15, 0.2) is 66.2 Å². The molecule has 1 aliphatic carbocycles. The molecule has 3 nitrogen and oxygen atoms in total. The van der Waals surface area contributed by atoms with Gasteiger partial charge in [0.15, 0.2) is 5.78 Å². The van der Waals surface area contributed by atoms with Crippen LogP contribution in [0.1, 0.15) is 45.9 Å². The molecule has 34 heavy (non-hydrogen) atoms. The number of esters is 1. The van der Waals surface area contributed by atoms with Gasteiger partial charge in [0, 0.05) is 21.7 Å². The van der Waals surface area contributed by atoms with E-state index in [1.807, 2.05) is 52.0 Å². The summed E-state index contributed by atoms with van der Waals surface area (Å²) in [7, 11) is 0. The fourth-order valence-corrected chi connectivity index (χ4v) is 4.74. The second-order valence-electron chi connectivity index (χ2n) is 8.69. The molecule has 0 bridgehead atoms. The number of rotatable bonds is 5. The van der Waals surface area contributed by atoms with E-state index in [4.69, 9.17) is 16.3 Å². The van der Waals surface area contributed by atoms with Crippen molar-refractivity contribution in [3.63, 3.8) is 0 Å². The fourth-order valence-electron chi connectivity index (χ4n) is 4.62. The van der Waals surface area contributed by atoms with Gasteiger partial charge >= 0.3 is 5.97 Å². The van der Waals surface area contributed by atoms with E-state index in [0.29, 0.717) is 32.9 Å². The second kappa shape index (κ2) is 9.44. The largest absolute Gasteiger partial charge is 0.462 e. The van der Waals surface area contributed by atoms with Crippen LogP contribution >= 0.6 is 11.6 Å². The fraction of sp³-hybridized carbons (Fsp3) is 0.200. The lowest BCUT2D eigenvalue weighted by molar-refractivity contribution is -0.138. The van der Waals surface area contributed by atoms with Gasteiger partial charge < -0.3 is 4.74 Å². The van der Waals surface area contributed by atoms with E-state index in [9.17, 15) is 9.59 Å². The number of benzene rings is 3. The Morgan fingerprint density at radius 2 is 1.29 bits per heavy atom. The Hall–Kier alpha value is -3.43. The van der Waals surface area contributed by atoms with Crippen LogP contribution in [-0.4, -0.2) is 18.4 Å². The number of hydrogen-bond donors (Lipinski definition) is 0. The highest BCUT2D eigenvalue weighted by Crippen LogP contribution is 2.47. The Morgan fingerprint density at radius 1 is 0.765 bits per heavy atom. The molecular formula is C30H27ClO3. The third-order valence-corrected chi connectivity index (χ3v) is 6.37. The maximum absolute atomic E-state index is 14.2. The van der Waals surface area contributed by atoms with E-state index < -0.39 is 5.97 Å². The zero-order chi connectivity index (χ0) is 24.6. The van der Waals surface area contributed by atoms with Crippen molar-refractivity contribution in [2.75, 3.05) is 6.61 Å². The summed E-state index contributed by atoms with van der Waals surface area (Å²) >= 11 is 6.12. The molecule has 0 saturated heterocycles. The van der Waals surface area contributed by atoms with Gasteiger partial charge in [-0.15, -0.1) is 0 Å². The van der Waals surface area contributed by atoms with Crippen molar-refractivity contribution >= 4 is 40.1 Å². The predicted molar refractivity (Wildman–Crippen MR) is 139 cm³/mol. The van der Waals surface area contributed by atoms with Crippen molar-refractivity contribution in [2.45, 2.75) is 34.6 Å². The lowest BCUT2D eigenvalue weighted by Gasteiger charge is -2.15. The Morgan fingerprint density at radius 3 is 1.79 bits per heavy atom. The first-order valence-electron chi connectivity index (χ1n) is 11.3. The van der Waals surface area contributed by atoms with Crippen molar-refractivity contribution in [3.05, 3.63) is 110 Å². The van der Waals surface area contributed by atoms with Gasteiger partial charge in [0.2, 0.25) is 0 Å². The third kappa shape index (κ3) is 4.24. The molecule has 0 amide bonds. The maximum atomic E-state index is 14.2. The molecule has 0 heterocycles. The number of carbonyl (C=O) groups excluding carboxylic acids is 2. The smallest absolute Gasteiger partial charge is 0.339 e. The standard InChI is InChI=1S/C30H27ClO3/c1-6-34-30(33)28-25(21-9-11-22(31)12-10-21)29(32)27(24-14-8-18(3)16-20(24)5)26(28)23-13-7-17(2)15-19(23)4/h7-16H,6H2,1-5H3. The number of ketones is 1. The number of ether oxygens (including phenoxy) is 1. The molecule has 0 unspecified atom stereocenters. The van der Waals surface area contributed by atoms with E-state index in [-0.39, 0.29) is 12.4 Å². The lowest BCUT2D eigenvalue weighted by atomic mass is 9.88. The SMILES string of the molecule is CCOC(=O)C1=C(c2ccc(Cl)cc2)C(=O)C(c2ccc(C)cc2C)=C1c1ccc(C)cc1C. The first-order chi connectivity index (χ1) is 16.2. The number of halogens is 1. The van der Waals surface area contributed by atoms with Gasteiger partial charge in [-0.1, -0.05) is 71.3 Å². The summed E-state index contributed by atoms with van der Waals surface area (Å²) in [4.78, 5) is 27.6. The molecule has 0 saturated carbocycles. The quantitative estimate of drug-likeness (QED) is 0.374. The summed E-state index contributed by atoms with van der Waals surface area (Å²) in [5.74, 6) is -0.692. The molecule has 4 rings (SSSR count). The van der Waals surface area contributed by atoms with Crippen LogP contribution < -0.4 is 0 Å². The van der Waals surface area contributed by atoms with Gasteiger partial charge in [0.25, 0.3) is 0 Å². The molecule has 0 spiro atoms. The number of hydrogen-bond acceptors (Lipinski definition) is 3. The van der Waals surface area contributed by atoms with E-state index in [1.165, 1.54) is 0 Å². The Balaban J connectivity index is 2.11. The van der Waals surface area contributed by atoms with Crippen molar-refractivity contribution in [1.29, 1.82) is 0 Å². The molecule has 172 valence electrons. The molecule has 0 N–H and O–H groups in total. The highest BCUT2D eigenvalue weighted by molar-refractivity contribution is 6.55. The van der Waals surface area contributed by atoms with Crippen LogP contribution in [0.25, 0.3) is 16.7 Å². The van der Waals surface area contributed by atoms with Gasteiger partial charge in [0.05, 0.1) is 12.2 Å². The third-order valence-electron chi connectivity index (χ3n) is 6.12. The normalized spacial score (nSPS) is 13.6. The van der Waals surface area contributed by atoms with E-state index >= 15 is 0 Å². The topological polar surface area (TPSA) is 43.4 Å². The Bertz CT molecular complexity index is 1370. The molecule has 4 heteroatoms. The summed E-state index contributed by atoms with van der Waals surface area (Å²) in [5, 5.41) is 0.560. The van der Waals surface area contributed by atoms with E-state index in [0.717, 1.165) is 33.4 Å². The first-order valence-corrected chi connectivity index (χ1v) is 11.7. The van der Waals surface area contributed by atoms with Crippen LogP contribution in [0.5, 0.6) is 0 Å². The van der Waals surface area contributed by atoms with Gasteiger partial charge in [0.1, 0.15) is 0 Å². The Kier molecular flexibility index (Phi) is 6.58. The summed E-state index contributed by atoms with van der Waals surface area (Å²) in [6, 6.07) is 19.1. The van der Waals surface area contributed by atoms with E-state index in [2.05, 4.69) is 12.1 Å². The minimum Gasteiger partial charge on any atom is -0.462 e. The summed E-state index contributed by atoms with van der Waals surface area (Å²) in [5.41, 5.74) is 8.29. The molecule has 0 atom stereocenters. The van der Waals surface area contributed by atoms with Crippen LogP contribution in [-0.2, 0) is 14.3 Å². The monoisotopic (exact) mass is 470 g/mol. The summed E-state index contributed by atoms with van der Waals surface area (Å²) in [6.45, 7) is 10.0. The number of aryl methyl sites for hydroxylation is 4. The molecule has 3 aromatic rings. The van der Waals surface area contributed by atoms with Gasteiger partial charge in [-0.3, -0.25) is 4.79 Å². The second-order valence-corrected chi connectivity index (χ2v) is 9.13. The highest BCUT2D eigenvalue weighted by atomic mass is 35.5.